The summed E-state index contributed by atoms with van der Waals surface area (Å²) in [6.07, 6.45) is 2.03. The number of piperidine rings is 1. The van der Waals surface area contributed by atoms with Gasteiger partial charge in [0.2, 0.25) is 0 Å². The van der Waals surface area contributed by atoms with E-state index in [9.17, 15) is 4.79 Å². The highest BCUT2D eigenvalue weighted by atomic mass is 16.2. The van der Waals surface area contributed by atoms with Crippen LogP contribution in [0.15, 0.2) is 54.6 Å². The smallest absolute Gasteiger partial charge is 0.272 e. The van der Waals surface area contributed by atoms with Crippen LogP contribution in [0, 0.1) is 6.92 Å². The molecule has 2 aromatic heterocycles. The maximum absolute atomic E-state index is 13.3. The number of carbonyl (C=O) groups excluding carboxylic acids is 1. The molecule has 1 saturated heterocycles. The van der Waals surface area contributed by atoms with Crippen LogP contribution < -0.4 is 0 Å². The van der Waals surface area contributed by atoms with Gasteiger partial charge in [-0.3, -0.25) is 4.79 Å². The molecule has 1 fully saturated rings. The van der Waals surface area contributed by atoms with Gasteiger partial charge in [0.1, 0.15) is 11.5 Å². The highest BCUT2D eigenvalue weighted by Gasteiger charge is 2.29. The number of nitrogens with zero attached hydrogens (tertiary/aromatic N) is 4. The fraction of sp³-hybridized carbons (Fsp3) is 0.292. The monoisotopic (exact) mass is 384 g/mol. The lowest BCUT2D eigenvalue weighted by molar-refractivity contribution is 0.0698. The zero-order chi connectivity index (χ0) is 20.0. The lowest BCUT2D eigenvalue weighted by Gasteiger charge is -2.32. The van der Waals surface area contributed by atoms with Crippen LogP contribution in [0.2, 0.25) is 0 Å². The number of aryl methyl sites for hydroxylation is 2. The van der Waals surface area contributed by atoms with Crippen molar-refractivity contribution in [2.45, 2.75) is 25.7 Å². The summed E-state index contributed by atoms with van der Waals surface area (Å²) in [6, 6.07) is 18.1. The van der Waals surface area contributed by atoms with Crippen molar-refractivity contribution >= 4 is 27.8 Å². The second kappa shape index (κ2) is 6.99. The zero-order valence-electron chi connectivity index (χ0n) is 16.8. The van der Waals surface area contributed by atoms with Gasteiger partial charge in [-0.15, -0.1) is 0 Å². The first-order chi connectivity index (χ1) is 14.1. The molecule has 5 heteroatoms. The van der Waals surface area contributed by atoms with Gasteiger partial charge < -0.3 is 9.47 Å². The molecular weight excluding hydrogens is 360 g/mol. The third kappa shape index (κ3) is 3.07. The number of para-hydroxylation sites is 3. The topological polar surface area (TPSA) is 51.0 Å². The third-order valence-corrected chi connectivity index (χ3v) is 6.04. The number of amides is 1. The Morgan fingerprint density at radius 1 is 1.03 bits per heavy atom. The van der Waals surface area contributed by atoms with Gasteiger partial charge in [-0.2, -0.15) is 0 Å². The number of hydrogen-bond donors (Lipinski definition) is 0. The van der Waals surface area contributed by atoms with E-state index in [4.69, 9.17) is 4.98 Å². The summed E-state index contributed by atoms with van der Waals surface area (Å²) in [5.41, 5.74) is 4.65. The van der Waals surface area contributed by atoms with Crippen molar-refractivity contribution in [1.29, 1.82) is 0 Å². The largest absolute Gasteiger partial charge is 0.337 e. The molecule has 0 radical (unpaired) electrons. The van der Waals surface area contributed by atoms with Crippen LogP contribution in [0.25, 0.3) is 21.9 Å². The molecule has 146 valence electrons. The van der Waals surface area contributed by atoms with Crippen LogP contribution >= 0.6 is 0 Å². The lowest BCUT2D eigenvalue weighted by atomic mass is 9.96. The lowest BCUT2D eigenvalue weighted by Crippen LogP contribution is -2.40. The van der Waals surface area contributed by atoms with E-state index in [1.807, 2.05) is 54.3 Å². The van der Waals surface area contributed by atoms with Crippen molar-refractivity contribution in [3.63, 3.8) is 0 Å². The molecule has 2 aromatic carbocycles. The minimum atomic E-state index is 0.0160. The Balaban J connectivity index is 1.44. The summed E-state index contributed by atoms with van der Waals surface area (Å²) >= 11 is 0. The second-order valence-electron chi connectivity index (χ2n) is 7.95. The number of hydrogen-bond acceptors (Lipinski definition) is 3. The van der Waals surface area contributed by atoms with E-state index in [-0.39, 0.29) is 11.8 Å². The summed E-state index contributed by atoms with van der Waals surface area (Å²) < 4.78 is 2.17. The quantitative estimate of drug-likeness (QED) is 0.513. The van der Waals surface area contributed by atoms with E-state index in [1.165, 1.54) is 0 Å². The third-order valence-electron chi connectivity index (χ3n) is 6.04. The van der Waals surface area contributed by atoms with Gasteiger partial charge in [-0.1, -0.05) is 30.3 Å². The summed E-state index contributed by atoms with van der Waals surface area (Å²) in [4.78, 5) is 24.7. The molecule has 1 aliphatic rings. The maximum atomic E-state index is 13.3. The van der Waals surface area contributed by atoms with Gasteiger partial charge in [-0.05, 0) is 49.6 Å². The average molecular weight is 384 g/mol. The van der Waals surface area contributed by atoms with Crippen molar-refractivity contribution in [2.75, 3.05) is 13.1 Å². The predicted molar refractivity (Wildman–Crippen MR) is 115 cm³/mol. The number of aromatic nitrogens is 3. The number of imidazole rings is 1. The van der Waals surface area contributed by atoms with Crippen LogP contribution in [0.3, 0.4) is 0 Å². The molecule has 29 heavy (non-hydrogen) atoms. The molecule has 0 saturated carbocycles. The predicted octanol–water partition coefficient (Wildman–Crippen LogP) is 4.45. The summed E-state index contributed by atoms with van der Waals surface area (Å²) in [7, 11) is 2.07. The highest BCUT2D eigenvalue weighted by Crippen LogP contribution is 2.29. The van der Waals surface area contributed by atoms with Crippen LogP contribution in [0.1, 0.15) is 40.6 Å². The van der Waals surface area contributed by atoms with E-state index in [0.29, 0.717) is 12.2 Å². The Morgan fingerprint density at radius 3 is 2.62 bits per heavy atom. The normalized spacial score (nSPS) is 17.2. The van der Waals surface area contributed by atoms with Crippen molar-refractivity contribution in [3.8, 4) is 0 Å². The molecule has 0 N–H and O–H groups in total. The first-order valence-electron chi connectivity index (χ1n) is 10.2. The number of carbonyl (C=O) groups is 1. The maximum Gasteiger partial charge on any atom is 0.272 e. The fourth-order valence-corrected chi connectivity index (χ4v) is 4.52. The molecule has 1 unspecified atom stereocenters. The van der Waals surface area contributed by atoms with E-state index >= 15 is 0 Å². The second-order valence-corrected chi connectivity index (χ2v) is 7.95. The van der Waals surface area contributed by atoms with E-state index in [0.717, 1.165) is 52.7 Å². The van der Waals surface area contributed by atoms with Crippen LogP contribution in [0.4, 0.5) is 0 Å². The first-order valence-corrected chi connectivity index (χ1v) is 10.2. The molecule has 1 atom stereocenters. The van der Waals surface area contributed by atoms with E-state index in [1.54, 1.807) is 0 Å². The van der Waals surface area contributed by atoms with Crippen molar-refractivity contribution in [1.82, 2.24) is 19.4 Å². The molecule has 1 aliphatic heterocycles. The number of pyridine rings is 1. The van der Waals surface area contributed by atoms with E-state index in [2.05, 4.69) is 28.7 Å². The SMILES string of the molecule is Cc1cc(C(=O)N2CCCC(c3nc4ccccc4n3C)C2)nc2ccccc12. The number of benzene rings is 2. The average Bonchev–Trinajstić information content (AvgIpc) is 3.10. The van der Waals surface area contributed by atoms with Gasteiger partial charge >= 0.3 is 0 Å². The molecule has 3 heterocycles. The molecule has 0 bridgehead atoms. The Bertz CT molecular complexity index is 1230. The molecule has 5 rings (SSSR count). The fourth-order valence-electron chi connectivity index (χ4n) is 4.52. The standard InChI is InChI=1S/C24H24N4O/c1-16-14-21(25-19-10-4-3-9-18(16)19)24(29)28-13-7-8-17(15-28)23-26-20-11-5-6-12-22(20)27(23)2/h3-6,9-12,14,17H,7-8,13,15H2,1-2H3. The van der Waals surface area contributed by atoms with Crippen molar-refractivity contribution in [2.24, 2.45) is 7.05 Å². The molecule has 4 aromatic rings. The molecular formula is C24H24N4O. The van der Waals surface area contributed by atoms with Crippen LogP contribution in [-0.4, -0.2) is 38.4 Å². The summed E-state index contributed by atoms with van der Waals surface area (Å²) in [6.45, 7) is 3.50. The number of rotatable bonds is 2. The van der Waals surface area contributed by atoms with E-state index < -0.39 is 0 Å². The van der Waals surface area contributed by atoms with Gasteiger partial charge in [0.05, 0.1) is 16.6 Å². The summed E-state index contributed by atoms with van der Waals surface area (Å²) in [5, 5.41) is 1.10. The molecule has 5 nitrogen and oxygen atoms in total. The zero-order valence-corrected chi connectivity index (χ0v) is 16.8. The first kappa shape index (κ1) is 17.9. The van der Waals surface area contributed by atoms with Gasteiger partial charge in [0.15, 0.2) is 0 Å². The summed E-state index contributed by atoms with van der Waals surface area (Å²) in [5.74, 6) is 1.32. The minimum Gasteiger partial charge on any atom is -0.337 e. The van der Waals surface area contributed by atoms with Gasteiger partial charge in [0.25, 0.3) is 5.91 Å². The highest BCUT2D eigenvalue weighted by molar-refractivity contribution is 5.96. The molecule has 0 aliphatic carbocycles. The van der Waals surface area contributed by atoms with Crippen molar-refractivity contribution in [3.05, 3.63) is 71.7 Å². The molecule has 1 amide bonds. The Hall–Kier alpha value is -3.21. The van der Waals surface area contributed by atoms with Gasteiger partial charge in [0, 0.05) is 31.4 Å². The minimum absolute atomic E-state index is 0.0160. The number of fused-ring (bicyclic) bond motifs is 2. The van der Waals surface area contributed by atoms with Crippen LogP contribution in [-0.2, 0) is 7.05 Å². The number of likely N-dealkylation sites (tertiary alicyclic amines) is 1. The Labute approximate surface area is 170 Å². The Kier molecular flexibility index (Phi) is 4.31. The van der Waals surface area contributed by atoms with Gasteiger partial charge in [-0.25, -0.2) is 9.97 Å². The Morgan fingerprint density at radius 2 is 1.79 bits per heavy atom. The van der Waals surface area contributed by atoms with Crippen LogP contribution in [0.5, 0.6) is 0 Å². The van der Waals surface area contributed by atoms with Crippen molar-refractivity contribution < 1.29 is 4.79 Å². The molecule has 0 spiro atoms.